The zero-order valence-electron chi connectivity index (χ0n) is 9.73. The first-order chi connectivity index (χ1) is 8.05. The Bertz CT molecular complexity index is 475. The number of hydrogen-bond acceptors (Lipinski definition) is 3. The highest BCUT2D eigenvalue weighted by molar-refractivity contribution is 7.89. The fraction of sp³-hybridized carbons (Fsp3) is 0.636. The smallest absolute Gasteiger partial charge is 0.207 e. The molecule has 0 atom stereocenters. The molecule has 2 rings (SSSR count). The van der Waals surface area contributed by atoms with E-state index in [1.165, 1.54) is 11.3 Å². The second-order valence-electron chi connectivity index (χ2n) is 4.43. The molecular formula is C11H16ClNO2S2. The summed E-state index contributed by atoms with van der Waals surface area (Å²) in [4.78, 5) is 1.14. The zero-order chi connectivity index (χ0) is 12.5. The summed E-state index contributed by atoms with van der Waals surface area (Å²) in [5, 5.41) is 1.79. The lowest BCUT2D eigenvalue weighted by molar-refractivity contribution is 0.288. The Morgan fingerprint density at radius 1 is 1.47 bits per heavy atom. The highest BCUT2D eigenvalue weighted by Crippen LogP contribution is 2.29. The monoisotopic (exact) mass is 293 g/mol. The molecular weight excluding hydrogens is 278 g/mol. The van der Waals surface area contributed by atoms with Crippen molar-refractivity contribution in [1.82, 2.24) is 4.31 Å². The van der Waals surface area contributed by atoms with Crippen molar-refractivity contribution in [2.75, 3.05) is 13.1 Å². The first-order valence-corrected chi connectivity index (χ1v) is 8.53. The lowest BCUT2D eigenvalue weighted by Gasteiger charge is -2.29. The van der Waals surface area contributed by atoms with Crippen LogP contribution in [0.15, 0.2) is 16.3 Å². The number of halogens is 1. The Hall–Kier alpha value is -0.100. The van der Waals surface area contributed by atoms with Gasteiger partial charge in [-0.2, -0.15) is 4.31 Å². The Labute approximate surface area is 111 Å². The van der Waals surface area contributed by atoms with Crippen LogP contribution in [0.3, 0.4) is 0 Å². The van der Waals surface area contributed by atoms with Crippen molar-refractivity contribution in [3.63, 3.8) is 0 Å². The minimum Gasteiger partial charge on any atom is -0.207 e. The van der Waals surface area contributed by atoms with Crippen LogP contribution in [0.1, 0.15) is 24.6 Å². The van der Waals surface area contributed by atoms with Gasteiger partial charge in [-0.1, -0.05) is 6.92 Å². The normalized spacial score (nSPS) is 19.6. The van der Waals surface area contributed by atoms with E-state index in [-0.39, 0.29) is 5.88 Å². The molecule has 0 aromatic carbocycles. The Balaban J connectivity index is 2.25. The van der Waals surface area contributed by atoms with Crippen LogP contribution in [0, 0.1) is 5.92 Å². The third kappa shape index (κ3) is 2.67. The quantitative estimate of drug-likeness (QED) is 0.804. The van der Waals surface area contributed by atoms with Gasteiger partial charge in [0.1, 0.15) is 0 Å². The fourth-order valence-electron chi connectivity index (χ4n) is 2.02. The van der Waals surface area contributed by atoms with Crippen LogP contribution in [0.5, 0.6) is 0 Å². The molecule has 1 aromatic heterocycles. The van der Waals surface area contributed by atoms with Gasteiger partial charge in [0.25, 0.3) is 0 Å². The van der Waals surface area contributed by atoms with Crippen LogP contribution in [0.4, 0.5) is 0 Å². The summed E-state index contributed by atoms with van der Waals surface area (Å²) in [7, 11) is -3.33. The maximum Gasteiger partial charge on any atom is 0.244 e. The summed E-state index contributed by atoms with van der Waals surface area (Å²) in [6.07, 6.45) is 1.89. The molecule has 1 fully saturated rings. The van der Waals surface area contributed by atoms with Crippen molar-refractivity contribution in [3.8, 4) is 0 Å². The molecule has 0 spiro atoms. The molecule has 1 aliphatic heterocycles. The van der Waals surface area contributed by atoms with Crippen LogP contribution >= 0.6 is 22.9 Å². The van der Waals surface area contributed by atoms with Crippen LogP contribution in [0.25, 0.3) is 0 Å². The molecule has 0 unspecified atom stereocenters. The lowest BCUT2D eigenvalue weighted by Crippen LogP contribution is -2.38. The second-order valence-corrected chi connectivity index (χ2v) is 7.60. The molecule has 96 valence electrons. The highest BCUT2D eigenvalue weighted by atomic mass is 35.5. The lowest BCUT2D eigenvalue weighted by atomic mass is 10.0. The number of nitrogens with zero attached hydrogens (tertiary/aromatic N) is 1. The molecule has 17 heavy (non-hydrogen) atoms. The predicted molar refractivity (Wildman–Crippen MR) is 71.0 cm³/mol. The van der Waals surface area contributed by atoms with Crippen LogP contribution < -0.4 is 0 Å². The van der Waals surface area contributed by atoms with E-state index in [4.69, 9.17) is 11.6 Å². The van der Waals surface area contributed by atoms with E-state index in [1.807, 2.05) is 0 Å². The number of piperidine rings is 1. The van der Waals surface area contributed by atoms with Gasteiger partial charge in [-0.05, 0) is 30.2 Å². The molecule has 1 aliphatic rings. The van der Waals surface area contributed by atoms with E-state index in [0.717, 1.165) is 17.7 Å². The second kappa shape index (κ2) is 5.26. The van der Waals surface area contributed by atoms with Crippen LogP contribution in [-0.4, -0.2) is 25.8 Å². The third-order valence-corrected chi connectivity index (χ3v) is 6.65. The van der Waals surface area contributed by atoms with Gasteiger partial charge < -0.3 is 0 Å². The van der Waals surface area contributed by atoms with Gasteiger partial charge in [-0.3, -0.25) is 0 Å². The number of alkyl halides is 1. The number of sulfonamides is 1. The van der Waals surface area contributed by atoms with E-state index in [0.29, 0.717) is 23.9 Å². The average Bonchev–Trinajstić information content (AvgIpc) is 2.78. The minimum atomic E-state index is -3.33. The highest BCUT2D eigenvalue weighted by Gasteiger charge is 2.30. The van der Waals surface area contributed by atoms with Gasteiger partial charge in [0.15, 0.2) is 0 Å². The molecule has 1 aromatic rings. The van der Waals surface area contributed by atoms with E-state index in [9.17, 15) is 8.42 Å². The first-order valence-electron chi connectivity index (χ1n) is 5.68. The molecule has 1 saturated heterocycles. The molecule has 0 bridgehead atoms. The van der Waals surface area contributed by atoms with Gasteiger partial charge in [0.2, 0.25) is 10.0 Å². The summed E-state index contributed by atoms with van der Waals surface area (Å²) in [5.74, 6) is 0.882. The van der Waals surface area contributed by atoms with E-state index < -0.39 is 10.0 Å². The van der Waals surface area contributed by atoms with Gasteiger partial charge >= 0.3 is 0 Å². The van der Waals surface area contributed by atoms with Crippen molar-refractivity contribution < 1.29 is 8.42 Å². The fourth-order valence-corrected chi connectivity index (χ4v) is 5.16. The molecule has 2 heterocycles. The number of thiophene rings is 1. The molecule has 0 radical (unpaired) electrons. The van der Waals surface area contributed by atoms with Gasteiger partial charge in [-0.15, -0.1) is 22.9 Å². The maximum absolute atomic E-state index is 12.4. The Morgan fingerprint density at radius 3 is 2.71 bits per heavy atom. The zero-order valence-corrected chi connectivity index (χ0v) is 12.1. The summed E-state index contributed by atoms with van der Waals surface area (Å²) in [6, 6.07) is 1.66. The van der Waals surface area contributed by atoms with Gasteiger partial charge in [-0.25, -0.2) is 8.42 Å². The van der Waals surface area contributed by atoms with Gasteiger partial charge in [0, 0.05) is 18.0 Å². The molecule has 6 heteroatoms. The minimum absolute atomic E-state index is 0.260. The Kier molecular flexibility index (Phi) is 4.13. The largest absolute Gasteiger partial charge is 0.244 e. The topological polar surface area (TPSA) is 37.4 Å². The molecule has 3 nitrogen and oxygen atoms in total. The summed E-state index contributed by atoms with van der Waals surface area (Å²) in [5.41, 5.74) is 0. The maximum atomic E-state index is 12.4. The number of rotatable bonds is 3. The van der Waals surface area contributed by atoms with Crippen molar-refractivity contribution in [3.05, 3.63) is 16.3 Å². The molecule has 0 saturated carbocycles. The van der Waals surface area contributed by atoms with Crippen molar-refractivity contribution in [2.24, 2.45) is 5.92 Å². The summed E-state index contributed by atoms with van der Waals surface area (Å²) < 4.78 is 26.4. The number of hydrogen-bond donors (Lipinski definition) is 0. The summed E-state index contributed by atoms with van der Waals surface area (Å²) in [6.45, 7) is 3.42. The first kappa shape index (κ1) is 13.3. The van der Waals surface area contributed by atoms with Crippen LogP contribution in [0.2, 0.25) is 0 Å². The van der Waals surface area contributed by atoms with Gasteiger partial charge in [0.05, 0.1) is 10.8 Å². The van der Waals surface area contributed by atoms with Crippen molar-refractivity contribution in [2.45, 2.75) is 30.5 Å². The molecule has 0 N–H and O–H groups in total. The Morgan fingerprint density at radius 2 is 2.12 bits per heavy atom. The van der Waals surface area contributed by atoms with E-state index in [1.54, 1.807) is 15.8 Å². The predicted octanol–water partition coefficient (Wildman–Crippen LogP) is 2.91. The third-order valence-electron chi connectivity index (χ3n) is 3.19. The van der Waals surface area contributed by atoms with E-state index >= 15 is 0 Å². The summed E-state index contributed by atoms with van der Waals surface area (Å²) >= 11 is 7.17. The van der Waals surface area contributed by atoms with Crippen molar-refractivity contribution >= 4 is 33.0 Å². The standard InChI is InChI=1S/C11H16ClNO2S2/c1-9-2-5-13(6-3-9)17(14,15)11-4-7-16-10(11)8-12/h4,7,9H,2-3,5-6,8H2,1H3. The molecule has 0 aliphatic carbocycles. The molecule has 0 amide bonds. The van der Waals surface area contributed by atoms with Crippen LogP contribution in [-0.2, 0) is 15.9 Å². The SMILES string of the molecule is CC1CCN(S(=O)(=O)c2ccsc2CCl)CC1. The average molecular weight is 294 g/mol. The van der Waals surface area contributed by atoms with Crippen molar-refractivity contribution in [1.29, 1.82) is 0 Å². The van der Waals surface area contributed by atoms with E-state index in [2.05, 4.69) is 6.92 Å².